The van der Waals surface area contributed by atoms with Crippen molar-refractivity contribution < 1.29 is 9.59 Å². The van der Waals surface area contributed by atoms with Gasteiger partial charge in [-0.05, 0) is 37.0 Å². The molecule has 1 fully saturated rings. The molecule has 1 aromatic rings. The number of halogens is 1. The Hall–Kier alpha value is -1.33. The van der Waals surface area contributed by atoms with Crippen LogP contribution in [0.1, 0.15) is 17.7 Å². The molecule has 0 saturated carbocycles. The molecule has 0 aromatic carbocycles. The molecule has 1 saturated heterocycles. The van der Waals surface area contributed by atoms with Gasteiger partial charge in [0.2, 0.25) is 11.8 Å². The van der Waals surface area contributed by atoms with E-state index in [1.807, 2.05) is 17.0 Å². The van der Waals surface area contributed by atoms with E-state index in [0.29, 0.717) is 29.8 Å². The molecular weight excluding hydrogens is 308 g/mol. The van der Waals surface area contributed by atoms with E-state index in [1.165, 1.54) is 17.4 Å². The van der Waals surface area contributed by atoms with Crippen LogP contribution < -0.4 is 5.32 Å². The number of nitrogens with one attached hydrogen (secondary N) is 1. The van der Waals surface area contributed by atoms with Crippen LogP contribution in [0.5, 0.6) is 0 Å². The molecule has 6 heteroatoms. The molecule has 1 atom stereocenters. The van der Waals surface area contributed by atoms with E-state index in [1.54, 1.807) is 0 Å². The van der Waals surface area contributed by atoms with E-state index in [2.05, 4.69) is 11.9 Å². The highest BCUT2D eigenvalue weighted by atomic mass is 35.5. The summed E-state index contributed by atoms with van der Waals surface area (Å²) < 4.78 is 0.710. The highest BCUT2D eigenvalue weighted by molar-refractivity contribution is 7.16. The molecule has 0 spiro atoms. The van der Waals surface area contributed by atoms with Crippen LogP contribution in [0.25, 0.3) is 0 Å². The number of carbonyl (C=O) groups is 2. The van der Waals surface area contributed by atoms with Crippen LogP contribution in [0.3, 0.4) is 0 Å². The van der Waals surface area contributed by atoms with Gasteiger partial charge in [-0.2, -0.15) is 0 Å². The summed E-state index contributed by atoms with van der Waals surface area (Å²) >= 11 is 7.33. The molecule has 1 N–H and O–H groups in total. The van der Waals surface area contributed by atoms with Gasteiger partial charge in [0.15, 0.2) is 0 Å². The van der Waals surface area contributed by atoms with E-state index in [-0.39, 0.29) is 11.8 Å². The van der Waals surface area contributed by atoms with Crippen molar-refractivity contribution >= 4 is 34.8 Å². The molecule has 2 heterocycles. The van der Waals surface area contributed by atoms with Crippen molar-refractivity contribution in [2.75, 3.05) is 19.6 Å². The van der Waals surface area contributed by atoms with Gasteiger partial charge in [-0.15, -0.1) is 11.3 Å². The number of carbonyl (C=O) groups excluding carboxylic acids is 2. The molecule has 0 radical (unpaired) electrons. The summed E-state index contributed by atoms with van der Waals surface area (Å²) in [4.78, 5) is 26.4. The number of likely N-dealkylation sites (tertiary alicyclic amines) is 1. The Bertz CT molecular complexity index is 529. The van der Waals surface area contributed by atoms with Crippen LogP contribution in [-0.4, -0.2) is 36.3 Å². The highest BCUT2D eigenvalue weighted by Gasteiger charge is 2.24. The van der Waals surface area contributed by atoms with Crippen molar-refractivity contribution in [3.8, 4) is 0 Å². The van der Waals surface area contributed by atoms with Crippen molar-refractivity contribution in [3.63, 3.8) is 0 Å². The quantitative estimate of drug-likeness (QED) is 0.845. The molecule has 0 aliphatic carbocycles. The zero-order valence-electron chi connectivity index (χ0n) is 11.8. The van der Waals surface area contributed by atoms with Gasteiger partial charge in [0.25, 0.3) is 0 Å². The fraction of sp³-hybridized carbons (Fsp3) is 0.467. The molecule has 1 aromatic heterocycles. The zero-order valence-corrected chi connectivity index (χ0v) is 13.4. The van der Waals surface area contributed by atoms with Gasteiger partial charge in [-0.25, -0.2) is 0 Å². The first-order valence-corrected chi connectivity index (χ1v) is 8.20. The van der Waals surface area contributed by atoms with Crippen LogP contribution in [0.15, 0.2) is 24.8 Å². The number of hydrogen-bond donors (Lipinski definition) is 1. The fourth-order valence-corrected chi connectivity index (χ4v) is 3.56. The summed E-state index contributed by atoms with van der Waals surface area (Å²) in [5.41, 5.74) is 0. The van der Waals surface area contributed by atoms with Crippen LogP contribution >= 0.6 is 22.9 Å². The zero-order chi connectivity index (χ0) is 15.2. The summed E-state index contributed by atoms with van der Waals surface area (Å²) in [5.74, 6) is 0.290. The normalized spacial score (nSPS) is 18.3. The van der Waals surface area contributed by atoms with E-state index in [9.17, 15) is 9.59 Å². The molecule has 114 valence electrons. The standard InChI is InChI=1S/C15H19ClN2O2S/c1-2-14(19)17-9-11-4-3-7-18(10-11)15(20)8-12-5-6-13(16)21-12/h2,5-6,11H,1,3-4,7-10H2,(H,17,19)/t11-/m1/s1. The maximum atomic E-state index is 12.3. The number of nitrogens with zero attached hydrogens (tertiary/aromatic N) is 1. The minimum atomic E-state index is -0.160. The maximum Gasteiger partial charge on any atom is 0.243 e. The van der Waals surface area contributed by atoms with Gasteiger partial charge >= 0.3 is 0 Å². The summed E-state index contributed by atoms with van der Waals surface area (Å²) in [7, 11) is 0. The molecule has 0 bridgehead atoms. The number of piperidine rings is 1. The fourth-order valence-electron chi connectivity index (χ4n) is 2.48. The number of thiophene rings is 1. The molecule has 2 rings (SSSR count). The lowest BCUT2D eigenvalue weighted by molar-refractivity contribution is -0.132. The molecule has 0 unspecified atom stereocenters. The van der Waals surface area contributed by atoms with Crippen LogP contribution in [0.2, 0.25) is 4.34 Å². The minimum absolute atomic E-state index is 0.133. The third-order valence-electron chi connectivity index (χ3n) is 3.58. The van der Waals surface area contributed by atoms with Crippen LogP contribution in [-0.2, 0) is 16.0 Å². The van der Waals surface area contributed by atoms with Gasteiger partial charge in [0.05, 0.1) is 10.8 Å². The van der Waals surface area contributed by atoms with Crippen molar-refractivity contribution in [1.29, 1.82) is 0 Å². The molecule has 4 nitrogen and oxygen atoms in total. The monoisotopic (exact) mass is 326 g/mol. The smallest absolute Gasteiger partial charge is 0.243 e. The third-order valence-corrected chi connectivity index (χ3v) is 4.81. The minimum Gasteiger partial charge on any atom is -0.352 e. The first kappa shape index (κ1) is 16.0. The Kier molecular flexibility index (Phi) is 5.82. The van der Waals surface area contributed by atoms with Gasteiger partial charge < -0.3 is 10.2 Å². The van der Waals surface area contributed by atoms with Crippen molar-refractivity contribution in [2.24, 2.45) is 5.92 Å². The first-order valence-electron chi connectivity index (χ1n) is 7.00. The van der Waals surface area contributed by atoms with Gasteiger partial charge in [0, 0.05) is 24.5 Å². The Morgan fingerprint density at radius 3 is 3.00 bits per heavy atom. The average molecular weight is 327 g/mol. The predicted octanol–water partition coefficient (Wildman–Crippen LogP) is 2.48. The Labute approximate surface area is 133 Å². The largest absolute Gasteiger partial charge is 0.352 e. The Morgan fingerprint density at radius 2 is 2.33 bits per heavy atom. The summed E-state index contributed by atoms with van der Waals surface area (Å²) in [6.07, 6.45) is 3.69. The van der Waals surface area contributed by atoms with Crippen molar-refractivity contribution in [3.05, 3.63) is 34.0 Å². The topological polar surface area (TPSA) is 49.4 Å². The average Bonchev–Trinajstić information content (AvgIpc) is 2.90. The van der Waals surface area contributed by atoms with Crippen LogP contribution in [0.4, 0.5) is 0 Å². The van der Waals surface area contributed by atoms with Crippen molar-refractivity contribution in [2.45, 2.75) is 19.3 Å². The van der Waals surface area contributed by atoms with Gasteiger partial charge in [0.1, 0.15) is 0 Å². The van der Waals surface area contributed by atoms with E-state index >= 15 is 0 Å². The molecule has 21 heavy (non-hydrogen) atoms. The lowest BCUT2D eigenvalue weighted by Gasteiger charge is -2.32. The third kappa shape index (κ3) is 4.86. The second-order valence-electron chi connectivity index (χ2n) is 5.18. The number of rotatable bonds is 5. The lowest BCUT2D eigenvalue weighted by atomic mass is 9.97. The van der Waals surface area contributed by atoms with E-state index in [4.69, 9.17) is 11.6 Å². The predicted molar refractivity (Wildman–Crippen MR) is 85.5 cm³/mol. The Balaban J connectivity index is 1.83. The summed E-state index contributed by atoms with van der Waals surface area (Å²) in [6, 6.07) is 3.72. The second-order valence-corrected chi connectivity index (χ2v) is 6.98. The first-order chi connectivity index (χ1) is 10.1. The second kappa shape index (κ2) is 7.61. The molecule has 2 amide bonds. The van der Waals surface area contributed by atoms with Crippen LogP contribution in [0, 0.1) is 5.92 Å². The van der Waals surface area contributed by atoms with E-state index in [0.717, 1.165) is 24.3 Å². The van der Waals surface area contributed by atoms with Gasteiger partial charge in [-0.1, -0.05) is 18.2 Å². The molecule has 1 aliphatic rings. The highest BCUT2D eigenvalue weighted by Crippen LogP contribution is 2.23. The van der Waals surface area contributed by atoms with Crippen molar-refractivity contribution in [1.82, 2.24) is 10.2 Å². The maximum absolute atomic E-state index is 12.3. The van der Waals surface area contributed by atoms with Gasteiger partial charge in [-0.3, -0.25) is 9.59 Å². The Morgan fingerprint density at radius 1 is 1.52 bits per heavy atom. The molecule has 1 aliphatic heterocycles. The SMILES string of the molecule is C=CC(=O)NC[C@H]1CCCN(C(=O)Cc2ccc(Cl)s2)C1. The molecular formula is C15H19ClN2O2S. The van der Waals surface area contributed by atoms with E-state index < -0.39 is 0 Å². The number of hydrogen-bond acceptors (Lipinski definition) is 3. The summed E-state index contributed by atoms with van der Waals surface area (Å²) in [6.45, 7) is 5.53. The number of amides is 2. The summed E-state index contributed by atoms with van der Waals surface area (Å²) in [5, 5.41) is 2.80. The lowest BCUT2D eigenvalue weighted by Crippen LogP contribution is -2.44.